The predicted octanol–water partition coefficient (Wildman–Crippen LogP) is 3.88. The van der Waals surface area contributed by atoms with E-state index in [-0.39, 0.29) is 0 Å². The zero-order chi connectivity index (χ0) is 17.8. The Balaban J connectivity index is 1.51. The van der Waals surface area contributed by atoms with Gasteiger partial charge >= 0.3 is 0 Å². The Morgan fingerprint density at radius 1 is 1.15 bits per heavy atom. The first-order valence-corrected chi connectivity index (χ1v) is 8.32. The monoisotopic (exact) mass is 345 g/mol. The van der Waals surface area contributed by atoms with E-state index in [4.69, 9.17) is 4.74 Å². The molecule has 2 aromatic heterocycles. The maximum atomic E-state index is 5.22. The molecular formula is C20H19N5O. The molecule has 2 N–H and O–H groups in total. The molecule has 0 aliphatic carbocycles. The highest BCUT2D eigenvalue weighted by Crippen LogP contribution is 2.24. The lowest BCUT2D eigenvalue weighted by atomic mass is 10.1. The third kappa shape index (κ3) is 3.30. The summed E-state index contributed by atoms with van der Waals surface area (Å²) in [7, 11) is 1.67. The number of benzene rings is 2. The van der Waals surface area contributed by atoms with Gasteiger partial charge in [-0.3, -0.25) is 5.10 Å². The minimum atomic E-state index is 0.672. The van der Waals surface area contributed by atoms with Crippen molar-refractivity contribution in [2.45, 2.75) is 6.54 Å². The van der Waals surface area contributed by atoms with Crippen LogP contribution in [0.15, 0.2) is 73.4 Å². The van der Waals surface area contributed by atoms with Gasteiger partial charge in [0, 0.05) is 41.4 Å². The fourth-order valence-corrected chi connectivity index (χ4v) is 2.84. The van der Waals surface area contributed by atoms with Crippen LogP contribution >= 0.6 is 0 Å². The third-order valence-corrected chi connectivity index (χ3v) is 4.23. The van der Waals surface area contributed by atoms with Crippen LogP contribution in [0.5, 0.6) is 5.75 Å². The second-order valence-corrected chi connectivity index (χ2v) is 5.87. The summed E-state index contributed by atoms with van der Waals surface area (Å²) in [5, 5.41) is 10.8. The van der Waals surface area contributed by atoms with Crippen LogP contribution in [0.1, 0.15) is 5.56 Å². The van der Waals surface area contributed by atoms with Crippen LogP contribution in [0.25, 0.3) is 16.9 Å². The highest BCUT2D eigenvalue weighted by Gasteiger charge is 2.08. The predicted molar refractivity (Wildman–Crippen MR) is 101 cm³/mol. The number of aromatic amines is 1. The quantitative estimate of drug-likeness (QED) is 0.556. The summed E-state index contributed by atoms with van der Waals surface area (Å²) < 4.78 is 7.20. The van der Waals surface area contributed by atoms with Crippen LogP contribution < -0.4 is 10.1 Å². The smallest absolute Gasteiger partial charge is 0.118 e. The number of nitrogens with zero attached hydrogens (tertiary/aromatic N) is 3. The third-order valence-electron chi connectivity index (χ3n) is 4.23. The van der Waals surface area contributed by atoms with E-state index in [0.717, 1.165) is 33.9 Å². The van der Waals surface area contributed by atoms with E-state index in [1.54, 1.807) is 19.6 Å². The van der Waals surface area contributed by atoms with E-state index in [1.165, 1.54) is 0 Å². The largest absolute Gasteiger partial charge is 0.497 e. The van der Waals surface area contributed by atoms with Gasteiger partial charge in [0.1, 0.15) is 5.75 Å². The van der Waals surface area contributed by atoms with Gasteiger partial charge in [0.05, 0.1) is 25.3 Å². The summed E-state index contributed by atoms with van der Waals surface area (Å²) in [6.45, 7) is 0.672. The Morgan fingerprint density at radius 3 is 2.81 bits per heavy atom. The number of hydrogen-bond donors (Lipinski definition) is 2. The molecule has 0 spiro atoms. The molecular weight excluding hydrogens is 326 g/mol. The Hall–Kier alpha value is -3.54. The van der Waals surface area contributed by atoms with Gasteiger partial charge < -0.3 is 14.6 Å². The molecule has 2 heterocycles. The van der Waals surface area contributed by atoms with E-state index in [2.05, 4.69) is 26.6 Å². The number of aromatic nitrogens is 4. The number of methoxy groups -OCH3 is 1. The van der Waals surface area contributed by atoms with E-state index in [9.17, 15) is 0 Å². The average molecular weight is 345 g/mol. The summed E-state index contributed by atoms with van der Waals surface area (Å²) in [6, 6.07) is 16.2. The molecule has 0 radical (unpaired) electrons. The van der Waals surface area contributed by atoms with Crippen molar-refractivity contribution in [1.82, 2.24) is 19.7 Å². The normalized spacial score (nSPS) is 10.7. The van der Waals surface area contributed by atoms with Gasteiger partial charge in [-0.2, -0.15) is 5.10 Å². The standard InChI is InChI=1S/C20H19N5O/c1-26-19-7-5-15(6-8-19)20-16(13-23-24-20)12-22-17-3-2-4-18(11-17)25-10-9-21-14-25/h2-11,13-14,22H,12H2,1H3,(H,23,24). The van der Waals surface area contributed by atoms with Crippen LogP contribution in [-0.2, 0) is 6.54 Å². The van der Waals surface area contributed by atoms with Gasteiger partial charge in [-0.1, -0.05) is 6.07 Å². The van der Waals surface area contributed by atoms with Crippen molar-refractivity contribution >= 4 is 5.69 Å². The fraction of sp³-hybridized carbons (Fsp3) is 0.100. The van der Waals surface area contributed by atoms with Crippen LogP contribution in [0.4, 0.5) is 5.69 Å². The maximum Gasteiger partial charge on any atom is 0.118 e. The summed E-state index contributed by atoms with van der Waals surface area (Å²) in [5.41, 5.74) is 5.29. The molecule has 0 fully saturated rings. The minimum absolute atomic E-state index is 0.672. The number of hydrogen-bond acceptors (Lipinski definition) is 4. The van der Waals surface area contributed by atoms with Gasteiger partial charge in [0.2, 0.25) is 0 Å². The number of H-pyrrole nitrogens is 1. The van der Waals surface area contributed by atoms with Crippen LogP contribution in [0.3, 0.4) is 0 Å². The molecule has 0 bridgehead atoms. The van der Waals surface area contributed by atoms with Gasteiger partial charge in [-0.05, 0) is 42.5 Å². The molecule has 130 valence electrons. The number of anilines is 1. The van der Waals surface area contributed by atoms with Crippen molar-refractivity contribution in [3.8, 4) is 22.7 Å². The van der Waals surface area contributed by atoms with Gasteiger partial charge in [-0.25, -0.2) is 4.98 Å². The first kappa shape index (κ1) is 16.0. The average Bonchev–Trinajstić information content (AvgIpc) is 3.39. The number of imidazole rings is 1. The van der Waals surface area contributed by atoms with E-state index in [1.807, 2.05) is 59.4 Å². The molecule has 0 atom stereocenters. The first-order chi connectivity index (χ1) is 12.8. The molecule has 2 aromatic carbocycles. The zero-order valence-corrected chi connectivity index (χ0v) is 14.4. The van der Waals surface area contributed by atoms with Crippen LogP contribution in [-0.4, -0.2) is 26.9 Å². The van der Waals surface area contributed by atoms with Crippen LogP contribution in [0, 0.1) is 0 Å². The minimum Gasteiger partial charge on any atom is -0.497 e. The lowest BCUT2D eigenvalue weighted by molar-refractivity contribution is 0.415. The lowest BCUT2D eigenvalue weighted by Crippen LogP contribution is -2.01. The maximum absolute atomic E-state index is 5.22. The Kier molecular flexibility index (Phi) is 4.38. The van der Waals surface area contributed by atoms with Crippen molar-refractivity contribution in [3.05, 3.63) is 79.0 Å². The van der Waals surface area contributed by atoms with Crippen LogP contribution in [0.2, 0.25) is 0 Å². The molecule has 0 unspecified atom stereocenters. The van der Waals surface area contributed by atoms with Crippen molar-refractivity contribution in [2.24, 2.45) is 0 Å². The second-order valence-electron chi connectivity index (χ2n) is 5.87. The van der Waals surface area contributed by atoms with E-state index >= 15 is 0 Å². The Morgan fingerprint density at radius 2 is 2.04 bits per heavy atom. The first-order valence-electron chi connectivity index (χ1n) is 8.32. The molecule has 0 saturated carbocycles. The summed E-state index contributed by atoms with van der Waals surface area (Å²) >= 11 is 0. The zero-order valence-electron chi connectivity index (χ0n) is 14.4. The molecule has 4 rings (SSSR count). The molecule has 0 saturated heterocycles. The lowest BCUT2D eigenvalue weighted by Gasteiger charge is -2.10. The van der Waals surface area contributed by atoms with Crippen molar-refractivity contribution in [3.63, 3.8) is 0 Å². The SMILES string of the molecule is COc1ccc(-c2[nH]ncc2CNc2cccc(-n3ccnc3)c2)cc1. The highest BCUT2D eigenvalue weighted by atomic mass is 16.5. The summed E-state index contributed by atoms with van der Waals surface area (Å²) in [4.78, 5) is 4.09. The van der Waals surface area contributed by atoms with E-state index in [0.29, 0.717) is 6.54 Å². The van der Waals surface area contributed by atoms with Crippen molar-refractivity contribution in [2.75, 3.05) is 12.4 Å². The Bertz CT molecular complexity index is 974. The number of rotatable bonds is 6. The topological polar surface area (TPSA) is 67.8 Å². The molecule has 6 nitrogen and oxygen atoms in total. The second kappa shape index (κ2) is 7.14. The number of ether oxygens (including phenoxy) is 1. The molecule has 0 amide bonds. The molecule has 26 heavy (non-hydrogen) atoms. The van der Waals surface area contributed by atoms with Gasteiger partial charge in [0.15, 0.2) is 0 Å². The highest BCUT2D eigenvalue weighted by molar-refractivity contribution is 5.64. The summed E-state index contributed by atoms with van der Waals surface area (Å²) in [5.74, 6) is 0.837. The molecule has 4 aromatic rings. The van der Waals surface area contributed by atoms with Crippen molar-refractivity contribution in [1.29, 1.82) is 0 Å². The summed E-state index contributed by atoms with van der Waals surface area (Å²) in [6.07, 6.45) is 7.34. The van der Waals surface area contributed by atoms with Gasteiger partial charge in [0.25, 0.3) is 0 Å². The Labute approximate surface area is 151 Å². The van der Waals surface area contributed by atoms with E-state index < -0.39 is 0 Å². The molecule has 0 aliphatic heterocycles. The fourth-order valence-electron chi connectivity index (χ4n) is 2.84. The number of nitrogens with one attached hydrogen (secondary N) is 2. The molecule has 0 aliphatic rings. The van der Waals surface area contributed by atoms with Gasteiger partial charge in [-0.15, -0.1) is 0 Å². The van der Waals surface area contributed by atoms with Crippen molar-refractivity contribution < 1.29 is 4.74 Å². The molecule has 6 heteroatoms.